The maximum Gasteiger partial charge on any atom is 0.408 e. The molecule has 30 nitrogen and oxygen atoms in total. The zero-order valence-electron chi connectivity index (χ0n) is 78.2. The third-order valence-corrected chi connectivity index (χ3v) is 29.3. The summed E-state index contributed by atoms with van der Waals surface area (Å²) in [5.74, 6) is -8.49. The van der Waals surface area contributed by atoms with Crippen molar-refractivity contribution >= 4 is 112 Å². The van der Waals surface area contributed by atoms with Crippen LogP contribution in [0.3, 0.4) is 0 Å². The number of ketones is 3. The Bertz CT molecular complexity index is 4790. The van der Waals surface area contributed by atoms with Crippen molar-refractivity contribution in [3.05, 3.63) is 144 Å². The molecule has 13 amide bonds. The number of likely N-dealkylation sites (N-methyl/N-ethyl adjacent to an activating group) is 1. The monoisotopic (exact) mass is 1850 g/mol. The van der Waals surface area contributed by atoms with Crippen LogP contribution in [0.25, 0.3) is 0 Å². The molecular weight excluding hydrogens is 1710 g/mol. The molecule has 712 valence electrons. The second-order valence-corrected chi connectivity index (χ2v) is 41.8. The van der Waals surface area contributed by atoms with Gasteiger partial charge in [0.05, 0.1) is 18.1 Å². The van der Waals surface area contributed by atoms with Crippen LogP contribution in [0.1, 0.15) is 188 Å². The summed E-state index contributed by atoms with van der Waals surface area (Å²) in [4.78, 5) is 205. The van der Waals surface area contributed by atoms with E-state index in [1.54, 1.807) is 42.7 Å². The maximum absolute atomic E-state index is 14.5. The van der Waals surface area contributed by atoms with Crippen LogP contribution < -0.4 is 53.2 Å². The number of alkyl halides is 2. The number of Topliss-reactive ketones (excluding diaryl/α,β-unsaturated/α-hetero) is 3. The first-order valence-corrected chi connectivity index (χ1v) is 47.3. The Labute approximate surface area is 779 Å². The van der Waals surface area contributed by atoms with E-state index in [0.717, 1.165) is 52.6 Å². The van der Waals surface area contributed by atoms with E-state index in [1.807, 2.05) is 95.3 Å². The van der Waals surface area contributed by atoms with Gasteiger partial charge in [0.2, 0.25) is 52.8 Å². The Kier molecular flexibility index (Phi) is 32.5. The summed E-state index contributed by atoms with van der Waals surface area (Å²) >= 11 is 13.0. The van der Waals surface area contributed by atoms with Gasteiger partial charge in [-0.25, -0.2) is 14.4 Å². The lowest BCUT2D eigenvalue weighted by Gasteiger charge is -2.35. The molecule has 4 saturated carbocycles. The highest BCUT2D eigenvalue weighted by atomic mass is 35.5. The minimum Gasteiger partial charge on any atom is -0.446 e. The van der Waals surface area contributed by atoms with Crippen molar-refractivity contribution in [2.24, 2.45) is 70.0 Å². The minimum absolute atomic E-state index is 0.0962. The molecule has 0 radical (unpaired) electrons. The zero-order valence-corrected chi connectivity index (χ0v) is 79.7. The lowest BCUT2D eigenvalue weighted by molar-refractivity contribution is -0.144. The molecule has 3 aromatic carbocycles. The number of hydrogen-bond donors (Lipinski definition) is 10. The molecule has 3 aliphatic heterocycles. The van der Waals surface area contributed by atoms with Gasteiger partial charge in [0.15, 0.2) is 0 Å². The average Bonchev–Trinajstić information content (AvgIpc) is 1.53. The summed E-state index contributed by atoms with van der Waals surface area (Å²) in [6, 6.07) is 14.9. The van der Waals surface area contributed by atoms with Gasteiger partial charge >= 0.3 is 18.2 Å². The summed E-state index contributed by atoms with van der Waals surface area (Å²) < 4.78 is 10.1. The van der Waals surface area contributed by atoms with Crippen molar-refractivity contribution in [1.29, 1.82) is 0 Å². The Morgan fingerprint density at radius 2 is 0.855 bits per heavy atom. The van der Waals surface area contributed by atoms with Crippen LogP contribution in [0.15, 0.2) is 111 Å². The Morgan fingerprint density at radius 3 is 1.22 bits per heavy atom. The molecule has 0 spiro atoms. The molecule has 131 heavy (non-hydrogen) atoms. The number of halogens is 2. The predicted molar refractivity (Wildman–Crippen MR) is 495 cm³/mol. The van der Waals surface area contributed by atoms with E-state index < -0.39 is 153 Å². The first kappa shape index (κ1) is 101. The number of nitrogens with zero attached hydrogens (tertiary/aromatic N) is 3. The number of piperidine rings is 3. The number of urea groups is 1. The summed E-state index contributed by atoms with van der Waals surface area (Å²) in [5.41, 5.74) is 5.16. The van der Waals surface area contributed by atoms with Crippen LogP contribution in [-0.4, -0.2) is 219 Å². The molecule has 0 bridgehead atoms. The van der Waals surface area contributed by atoms with Crippen LogP contribution in [0, 0.1) is 70.0 Å². The molecule has 3 saturated heterocycles. The fraction of sp³-hybridized carbons (Fsp3) is 0.606. The number of fused-ring (bicyclic) bond motifs is 6. The molecule has 3 unspecified atom stereocenters. The van der Waals surface area contributed by atoms with Gasteiger partial charge in [0.25, 0.3) is 17.7 Å². The van der Waals surface area contributed by atoms with Crippen LogP contribution in [0.2, 0.25) is 0 Å². The number of ether oxygens (including phenoxy) is 2. The number of rotatable bonds is 34. The number of alkyl carbamates (subject to hydrolysis) is 2. The van der Waals surface area contributed by atoms with Gasteiger partial charge in [0, 0.05) is 57.1 Å². The molecule has 13 rings (SSSR count). The van der Waals surface area contributed by atoms with Crippen molar-refractivity contribution in [2.75, 3.05) is 39.8 Å². The summed E-state index contributed by atoms with van der Waals surface area (Å²) in [7, 11) is 1.34. The number of carbonyl (C=O) groups is 15. The Balaban J connectivity index is 0.000000190. The van der Waals surface area contributed by atoms with Crippen LogP contribution in [0.5, 0.6) is 0 Å². The molecule has 17 atom stereocenters. The standard InChI is InChI=1S/C35H49N5O5.C35H48N4O6.C29H38Cl2N4O6/c1-8-10-16-25(29(41)31(43)36-17-11-9-2)37-30(42)28-26-24(35(26,6)7)20-40(28)32(44)27(38-33(45)39-34(3,4)5)23-18-21-14-12-13-15-22(21)19-23;1-6-11-25(30(40)32(42)36-16-7-2)37-31(41)29-27-24(35(27,4)5)19-39(29)33(43)28(23-17-21-13-8-9-14-22(21)18-23)38-34(44)45-26-15-10-12-20(26)3;1-6-9-19(23(36)25(38)32-5)33-24(37)22-20-18(29(20,30)31)14-35(22)26(39)21(34-27(40)41-28(2,3)4)17-12-15-10-7-8-11-16(15)13-17/h8-9,12-15,23-28H,1-2,10-11,16-20H2,3-7H3,(H,36,43)(H,37,42)(H2,38,39,45);7-9,13-14,20,23-29H,2,6,10-12,15-19H2,1,3-5H3,(H,36,42)(H,37,41)(H,38,44);7-8,10-11,17-22H,6,9,12-14H2,1-5H3,(H,32,38)(H,33,37)(H,34,40)/t24-,25?,26-,27-,28-;20-,24-,25?,26-,27-,28-,29-;18-,19?,20-,21-,22-/m000/s1. The molecule has 32 heteroatoms. The summed E-state index contributed by atoms with van der Waals surface area (Å²) in [6.45, 7) is 37.1. The number of nitrogens with one attached hydrogen (secondary N) is 10. The third-order valence-electron chi connectivity index (χ3n) is 28.3. The highest BCUT2D eigenvalue weighted by molar-refractivity contribution is 6.51. The normalized spacial score (nSPS) is 24.7. The largest absolute Gasteiger partial charge is 0.446 e. The minimum atomic E-state index is -1.21. The van der Waals surface area contributed by atoms with Crippen molar-refractivity contribution < 1.29 is 81.4 Å². The van der Waals surface area contributed by atoms with Crippen LogP contribution >= 0.6 is 23.2 Å². The van der Waals surface area contributed by atoms with Gasteiger partial charge in [-0.3, -0.25) is 57.5 Å². The first-order chi connectivity index (χ1) is 61.8. The van der Waals surface area contributed by atoms with Crippen LogP contribution in [-0.2, 0) is 106 Å². The van der Waals surface area contributed by atoms with Crippen molar-refractivity contribution in [3.63, 3.8) is 0 Å². The van der Waals surface area contributed by atoms with E-state index in [-0.39, 0.29) is 114 Å². The van der Waals surface area contributed by atoms with Crippen molar-refractivity contribution in [1.82, 2.24) is 67.9 Å². The van der Waals surface area contributed by atoms with Gasteiger partial charge in [-0.2, -0.15) is 0 Å². The zero-order chi connectivity index (χ0) is 95.8. The summed E-state index contributed by atoms with van der Waals surface area (Å²) in [6.07, 6.45) is 12.4. The average molecular weight is 1850 g/mol. The highest BCUT2D eigenvalue weighted by Crippen LogP contribution is 2.67. The van der Waals surface area contributed by atoms with Crippen molar-refractivity contribution in [2.45, 2.75) is 269 Å². The Morgan fingerprint density at radius 1 is 0.481 bits per heavy atom. The van der Waals surface area contributed by atoms with E-state index in [9.17, 15) is 71.9 Å². The third kappa shape index (κ3) is 23.4. The smallest absolute Gasteiger partial charge is 0.408 e. The van der Waals surface area contributed by atoms with Crippen LogP contribution in [0.4, 0.5) is 14.4 Å². The fourth-order valence-corrected chi connectivity index (χ4v) is 22.0. The molecule has 7 fully saturated rings. The van der Waals surface area contributed by atoms with Gasteiger partial charge in [-0.05, 0) is 223 Å². The summed E-state index contributed by atoms with van der Waals surface area (Å²) in [5, 5.41) is 27.3. The molecule has 10 N–H and O–H groups in total. The number of likely N-dealkylation sites (tertiary alicyclic amines) is 3. The number of carbonyl (C=O) groups excluding carboxylic acids is 15. The van der Waals surface area contributed by atoms with Gasteiger partial charge in [0.1, 0.15) is 52.3 Å². The fourth-order valence-electron chi connectivity index (χ4n) is 21.1. The van der Waals surface area contributed by atoms with Gasteiger partial charge < -0.3 is 77.3 Å². The predicted octanol–water partition coefficient (Wildman–Crippen LogP) is 8.91. The van der Waals surface area contributed by atoms with E-state index in [1.165, 1.54) is 18.0 Å². The molecule has 3 heterocycles. The SMILES string of the molecule is C=CCCNC(=O)C(=O)C(CCC=C)NC(=O)[C@@H]1[C@@H]2[C@H](CN1C(=O)[C@@H](NC(=O)NC(C)(C)C)C1Cc3ccccc3C1)C2(C)C.C=CCNC(=O)C(=O)C(CCC)NC(=O)[C@@H]1[C@@H]2[C@H](CN1C(=O)[C@@H](NC(=O)O[C@H]1CCC[C@@H]1C)C1Cc3ccccc3C1)C2(C)C.CCCC(NC(=O)[C@@H]1[C@@H]2[C@H](CN1C(=O)[C@@H](NC(=O)OC(C)(C)C)C1Cc3ccccc3C1)C2(Cl)Cl)C(=O)C(=O)NC. The maximum atomic E-state index is 14.5. The first-order valence-electron chi connectivity index (χ1n) is 46.5. The highest BCUT2D eigenvalue weighted by Gasteiger charge is 2.75. The van der Waals surface area contributed by atoms with E-state index in [0.29, 0.717) is 83.7 Å². The lowest BCUT2D eigenvalue weighted by atomic mass is 9.93. The quantitative estimate of drug-likeness (QED) is 0.0115. The number of benzene rings is 3. The topological polar surface area (TPSA) is 405 Å². The second-order valence-electron chi connectivity index (χ2n) is 40.4. The molecule has 3 aromatic rings. The Hall–Kier alpha value is -10.5. The van der Waals surface area contributed by atoms with E-state index in [2.05, 4.69) is 120 Å². The van der Waals surface area contributed by atoms with Gasteiger partial charge in [-0.1, -0.05) is 152 Å². The van der Waals surface area contributed by atoms with Crippen molar-refractivity contribution in [3.8, 4) is 0 Å². The van der Waals surface area contributed by atoms with E-state index in [4.69, 9.17) is 32.7 Å². The van der Waals surface area contributed by atoms with Gasteiger partial charge in [-0.15, -0.1) is 42.9 Å². The molecule has 7 aliphatic carbocycles. The molecule has 0 aromatic heterocycles. The number of hydrogen-bond acceptors (Lipinski definition) is 17. The number of allylic oxidation sites excluding steroid dienone is 1. The lowest BCUT2D eigenvalue weighted by Crippen LogP contribution is -2.61. The number of amides is 13. The molecule has 10 aliphatic rings. The molecular formula is C99H135Cl2N13O17. The van der Waals surface area contributed by atoms with E-state index >= 15 is 0 Å². The second kappa shape index (κ2) is 42.2.